The molecule has 0 spiro atoms. The molecule has 0 heterocycles. The number of alkyl halides is 2. The second-order valence-electron chi connectivity index (χ2n) is 4.42. The third-order valence-corrected chi connectivity index (χ3v) is 4.05. The van der Waals surface area contributed by atoms with Crippen molar-refractivity contribution in [2.45, 2.75) is 25.2 Å². The summed E-state index contributed by atoms with van der Waals surface area (Å²) in [6.07, 6.45) is 1.88. The van der Waals surface area contributed by atoms with Gasteiger partial charge in [0.1, 0.15) is 0 Å². The van der Waals surface area contributed by atoms with E-state index in [4.69, 9.17) is 5.73 Å². The Kier molecular flexibility index (Phi) is 3.05. The van der Waals surface area contributed by atoms with Crippen LogP contribution < -0.4 is 5.73 Å². The molecule has 2 rings (SSSR count). The fourth-order valence-electron chi connectivity index (χ4n) is 2.24. The lowest BCUT2D eigenvalue weighted by molar-refractivity contribution is -0.164. The molecular formula is C12H14BrF2N. The van der Waals surface area contributed by atoms with Gasteiger partial charge in [0.25, 0.3) is 5.92 Å². The number of hydrogen-bond donors (Lipinski definition) is 1. The average Bonchev–Trinajstić information content (AvgIpc) is 2.16. The average molecular weight is 290 g/mol. The van der Waals surface area contributed by atoms with Crippen molar-refractivity contribution in [1.29, 1.82) is 0 Å². The molecule has 16 heavy (non-hydrogen) atoms. The van der Waals surface area contributed by atoms with Crippen LogP contribution in [0.15, 0.2) is 28.7 Å². The minimum Gasteiger partial charge on any atom is -0.330 e. The lowest BCUT2D eigenvalue weighted by atomic mass is 9.63. The fraction of sp³-hybridized carbons (Fsp3) is 0.500. The Morgan fingerprint density at radius 1 is 1.38 bits per heavy atom. The molecule has 0 radical (unpaired) electrons. The SMILES string of the molecule is NCC1(C(F)(F)c2cccc(Br)c2)CCC1. The van der Waals surface area contributed by atoms with Gasteiger partial charge in [-0.05, 0) is 25.0 Å². The summed E-state index contributed by atoms with van der Waals surface area (Å²) in [5, 5.41) is 0. The summed E-state index contributed by atoms with van der Waals surface area (Å²) in [6.45, 7) is 0.0481. The smallest absolute Gasteiger partial charge is 0.279 e. The summed E-state index contributed by atoms with van der Waals surface area (Å²) in [6, 6.07) is 6.34. The van der Waals surface area contributed by atoms with Gasteiger partial charge in [-0.15, -0.1) is 0 Å². The lowest BCUT2D eigenvalue weighted by Crippen LogP contribution is -2.49. The Morgan fingerprint density at radius 3 is 2.50 bits per heavy atom. The van der Waals surface area contributed by atoms with Gasteiger partial charge < -0.3 is 5.73 Å². The van der Waals surface area contributed by atoms with Crippen molar-refractivity contribution in [2.24, 2.45) is 11.1 Å². The maximum atomic E-state index is 14.3. The molecule has 0 unspecified atom stereocenters. The second kappa shape index (κ2) is 4.08. The molecule has 1 saturated carbocycles. The van der Waals surface area contributed by atoms with Crippen LogP contribution in [0.3, 0.4) is 0 Å². The van der Waals surface area contributed by atoms with Crippen LogP contribution in [0, 0.1) is 5.41 Å². The van der Waals surface area contributed by atoms with Crippen molar-refractivity contribution >= 4 is 15.9 Å². The largest absolute Gasteiger partial charge is 0.330 e. The van der Waals surface area contributed by atoms with E-state index in [1.807, 2.05) is 0 Å². The van der Waals surface area contributed by atoms with Crippen LogP contribution in [0.1, 0.15) is 24.8 Å². The van der Waals surface area contributed by atoms with Gasteiger partial charge in [-0.3, -0.25) is 0 Å². The van der Waals surface area contributed by atoms with E-state index in [-0.39, 0.29) is 12.1 Å². The van der Waals surface area contributed by atoms with Crippen molar-refractivity contribution in [3.05, 3.63) is 34.3 Å². The minimum absolute atomic E-state index is 0.0481. The number of rotatable bonds is 3. The zero-order valence-corrected chi connectivity index (χ0v) is 10.4. The molecule has 1 aromatic rings. The van der Waals surface area contributed by atoms with E-state index in [0.717, 1.165) is 6.42 Å². The normalized spacial score (nSPS) is 19.2. The molecule has 0 amide bonds. The summed E-state index contributed by atoms with van der Waals surface area (Å²) in [5.74, 6) is -2.83. The summed E-state index contributed by atoms with van der Waals surface area (Å²) in [5.41, 5.74) is 4.58. The lowest BCUT2D eigenvalue weighted by Gasteiger charge is -2.46. The van der Waals surface area contributed by atoms with Crippen molar-refractivity contribution in [3.63, 3.8) is 0 Å². The van der Waals surface area contributed by atoms with Gasteiger partial charge in [0.2, 0.25) is 0 Å². The van der Waals surface area contributed by atoms with E-state index >= 15 is 0 Å². The summed E-state index contributed by atoms with van der Waals surface area (Å²) < 4.78 is 29.3. The first-order valence-corrected chi connectivity index (χ1v) is 6.15. The standard InChI is InChI=1S/C12H14BrF2N/c13-10-4-1-3-9(7-10)12(14,15)11(8-16)5-2-6-11/h1,3-4,7H,2,5-6,8,16H2. The molecular weight excluding hydrogens is 276 g/mol. The third-order valence-electron chi connectivity index (χ3n) is 3.55. The van der Waals surface area contributed by atoms with E-state index in [0.29, 0.717) is 17.3 Å². The van der Waals surface area contributed by atoms with Gasteiger partial charge in [-0.25, -0.2) is 8.78 Å². The molecule has 2 N–H and O–H groups in total. The first-order valence-electron chi connectivity index (χ1n) is 5.36. The van der Waals surface area contributed by atoms with Crippen LogP contribution in [0.25, 0.3) is 0 Å². The number of benzene rings is 1. The summed E-state index contributed by atoms with van der Waals surface area (Å²) >= 11 is 3.22. The molecule has 88 valence electrons. The third kappa shape index (κ3) is 1.68. The zero-order chi connectivity index (χ0) is 11.8. The van der Waals surface area contributed by atoms with Crippen molar-refractivity contribution in [2.75, 3.05) is 6.54 Å². The minimum atomic E-state index is -2.83. The Morgan fingerprint density at radius 2 is 2.06 bits per heavy atom. The number of halogens is 3. The first kappa shape index (κ1) is 12.0. The zero-order valence-electron chi connectivity index (χ0n) is 8.85. The topological polar surface area (TPSA) is 26.0 Å². The molecule has 0 saturated heterocycles. The Labute approximate surface area is 102 Å². The van der Waals surface area contributed by atoms with Crippen molar-refractivity contribution < 1.29 is 8.78 Å². The second-order valence-corrected chi connectivity index (χ2v) is 5.34. The van der Waals surface area contributed by atoms with Crippen LogP contribution in [-0.4, -0.2) is 6.54 Å². The molecule has 0 aliphatic heterocycles. The van der Waals surface area contributed by atoms with E-state index in [9.17, 15) is 8.78 Å². The number of nitrogens with two attached hydrogens (primary N) is 1. The monoisotopic (exact) mass is 289 g/mol. The van der Waals surface area contributed by atoms with E-state index < -0.39 is 11.3 Å². The van der Waals surface area contributed by atoms with Crippen molar-refractivity contribution in [1.82, 2.24) is 0 Å². The molecule has 1 fully saturated rings. The Balaban J connectivity index is 2.37. The van der Waals surface area contributed by atoms with E-state index in [1.165, 1.54) is 12.1 Å². The Bertz CT molecular complexity index is 383. The van der Waals surface area contributed by atoms with Crippen molar-refractivity contribution in [3.8, 4) is 0 Å². The van der Waals surface area contributed by atoms with Gasteiger partial charge >= 0.3 is 0 Å². The van der Waals surface area contributed by atoms with Crippen LogP contribution in [0.4, 0.5) is 8.78 Å². The molecule has 1 aliphatic rings. The van der Waals surface area contributed by atoms with Crippen LogP contribution in [0.5, 0.6) is 0 Å². The van der Waals surface area contributed by atoms with E-state index in [1.54, 1.807) is 12.1 Å². The van der Waals surface area contributed by atoms with Gasteiger partial charge in [-0.2, -0.15) is 0 Å². The molecule has 1 aromatic carbocycles. The molecule has 1 aliphatic carbocycles. The predicted octanol–water partition coefficient (Wildman–Crippen LogP) is 3.67. The van der Waals surface area contributed by atoms with Crippen LogP contribution in [-0.2, 0) is 5.92 Å². The maximum Gasteiger partial charge on any atom is 0.279 e. The molecule has 0 atom stereocenters. The highest BCUT2D eigenvalue weighted by molar-refractivity contribution is 9.10. The maximum absolute atomic E-state index is 14.3. The molecule has 4 heteroatoms. The number of hydrogen-bond acceptors (Lipinski definition) is 1. The molecule has 0 aromatic heterocycles. The summed E-state index contributed by atoms with van der Waals surface area (Å²) in [4.78, 5) is 0. The Hall–Kier alpha value is -0.480. The van der Waals surface area contributed by atoms with E-state index in [2.05, 4.69) is 15.9 Å². The highest BCUT2D eigenvalue weighted by Gasteiger charge is 2.56. The highest BCUT2D eigenvalue weighted by atomic mass is 79.9. The highest BCUT2D eigenvalue weighted by Crippen LogP contribution is 2.56. The van der Waals surface area contributed by atoms with Gasteiger partial charge in [-0.1, -0.05) is 34.5 Å². The molecule has 0 bridgehead atoms. The predicted molar refractivity (Wildman–Crippen MR) is 63.4 cm³/mol. The van der Waals surface area contributed by atoms with Crippen LogP contribution >= 0.6 is 15.9 Å². The quantitative estimate of drug-likeness (QED) is 0.903. The van der Waals surface area contributed by atoms with Crippen LogP contribution in [0.2, 0.25) is 0 Å². The van der Waals surface area contributed by atoms with Gasteiger partial charge in [0.15, 0.2) is 0 Å². The first-order chi connectivity index (χ1) is 7.52. The van der Waals surface area contributed by atoms with Gasteiger partial charge in [0.05, 0.1) is 5.41 Å². The fourth-order valence-corrected chi connectivity index (χ4v) is 2.64. The van der Waals surface area contributed by atoms with Gasteiger partial charge in [0, 0.05) is 16.6 Å². The molecule has 1 nitrogen and oxygen atoms in total. The summed E-state index contributed by atoms with van der Waals surface area (Å²) in [7, 11) is 0.